The zero-order valence-corrected chi connectivity index (χ0v) is 17.7. The number of benzene rings is 1. The Bertz CT molecular complexity index is 984. The average Bonchev–Trinajstić information content (AvgIpc) is 2.72. The summed E-state index contributed by atoms with van der Waals surface area (Å²) < 4.78 is 45.0. The highest BCUT2D eigenvalue weighted by Gasteiger charge is 2.26. The number of hydrogen-bond acceptors (Lipinski definition) is 5. The second-order valence-electron chi connectivity index (χ2n) is 7.07. The van der Waals surface area contributed by atoms with Gasteiger partial charge in [-0.3, -0.25) is 13.9 Å². The van der Waals surface area contributed by atoms with Crippen LogP contribution in [-0.4, -0.2) is 35.4 Å². The first-order valence-electron chi connectivity index (χ1n) is 9.93. The number of aromatic nitrogens is 2. The summed E-state index contributed by atoms with van der Waals surface area (Å²) in [6.45, 7) is 5.52. The molecule has 0 spiro atoms. The van der Waals surface area contributed by atoms with Crippen molar-refractivity contribution >= 4 is 18.2 Å². The van der Waals surface area contributed by atoms with Gasteiger partial charge in [-0.15, -0.1) is 0 Å². The van der Waals surface area contributed by atoms with Gasteiger partial charge >= 0.3 is 11.9 Å². The third-order valence-corrected chi connectivity index (χ3v) is 4.62. The van der Waals surface area contributed by atoms with Crippen molar-refractivity contribution in [3.05, 3.63) is 56.7 Å². The maximum atomic E-state index is 13.2. The monoisotopic (exact) mass is 440 g/mol. The molecule has 2 rings (SSSR count). The smallest absolute Gasteiger partial charge is 0.361 e. The van der Waals surface area contributed by atoms with Crippen LogP contribution in [0.1, 0.15) is 31.7 Å². The zero-order valence-electron chi connectivity index (χ0n) is 17.7. The van der Waals surface area contributed by atoms with E-state index in [-0.39, 0.29) is 44.4 Å². The number of hydrogen-bond donors (Lipinski definition) is 0. The molecule has 0 saturated heterocycles. The molecule has 0 amide bonds. The molecule has 2 aromatic rings. The first-order valence-corrected chi connectivity index (χ1v) is 9.93. The molecule has 0 saturated carbocycles. The Hall–Kier alpha value is -2.88. The number of rotatable bonds is 11. The van der Waals surface area contributed by atoms with Gasteiger partial charge in [-0.1, -0.05) is 37.3 Å². The van der Waals surface area contributed by atoms with Gasteiger partial charge in [0, 0.05) is 33.2 Å². The van der Waals surface area contributed by atoms with Gasteiger partial charge in [0.2, 0.25) is 0 Å². The van der Waals surface area contributed by atoms with E-state index < -0.39 is 23.8 Å². The van der Waals surface area contributed by atoms with Crippen LogP contribution in [0.5, 0.6) is 0 Å². The molecule has 1 heterocycles. The molecule has 0 bridgehead atoms. The molecule has 0 atom stereocenters. The summed E-state index contributed by atoms with van der Waals surface area (Å²) in [4.78, 5) is 31.2. The maximum Gasteiger partial charge on any atom is 0.389 e. The number of aliphatic imine (C=N–C) groups is 1. The zero-order chi connectivity index (χ0) is 23.0. The van der Waals surface area contributed by atoms with Gasteiger partial charge in [-0.25, -0.2) is 9.79 Å². The Morgan fingerprint density at radius 1 is 1.19 bits per heavy atom. The summed E-state index contributed by atoms with van der Waals surface area (Å²) >= 11 is 0. The van der Waals surface area contributed by atoms with Crippen LogP contribution < -0.4 is 16.1 Å². The molecular weight excluding hydrogens is 413 g/mol. The largest absolute Gasteiger partial charge is 0.389 e. The molecule has 170 valence electrons. The molecule has 1 aromatic carbocycles. The van der Waals surface area contributed by atoms with Crippen molar-refractivity contribution in [3.63, 3.8) is 0 Å². The Morgan fingerprint density at radius 2 is 1.87 bits per heavy atom. The molecule has 0 aliphatic carbocycles. The van der Waals surface area contributed by atoms with Gasteiger partial charge < -0.3 is 9.64 Å². The predicted octanol–water partition coefficient (Wildman–Crippen LogP) is 3.61. The van der Waals surface area contributed by atoms with Gasteiger partial charge in [0.05, 0.1) is 0 Å². The van der Waals surface area contributed by atoms with Crippen molar-refractivity contribution < 1.29 is 17.9 Å². The minimum Gasteiger partial charge on any atom is -0.361 e. The van der Waals surface area contributed by atoms with Gasteiger partial charge in [0.25, 0.3) is 5.56 Å². The van der Waals surface area contributed by atoms with Crippen molar-refractivity contribution in [2.45, 2.75) is 45.5 Å². The summed E-state index contributed by atoms with van der Waals surface area (Å²) in [5.41, 5.74) is -0.0807. The highest BCUT2D eigenvalue weighted by molar-refractivity contribution is 5.64. The molecular formula is C21H27F3N4O3. The van der Waals surface area contributed by atoms with Crippen molar-refractivity contribution in [2.75, 3.05) is 18.2 Å². The van der Waals surface area contributed by atoms with Gasteiger partial charge in [-0.2, -0.15) is 13.2 Å². The third-order valence-electron chi connectivity index (χ3n) is 4.62. The van der Waals surface area contributed by atoms with E-state index in [1.165, 1.54) is 11.6 Å². The van der Waals surface area contributed by atoms with Crippen LogP contribution in [0.25, 0.3) is 0 Å². The second-order valence-corrected chi connectivity index (χ2v) is 7.07. The quantitative estimate of drug-likeness (QED) is 0.304. The number of ether oxygens (including phenoxy) is 1. The molecule has 0 aliphatic rings. The molecule has 1 aromatic heterocycles. The summed E-state index contributed by atoms with van der Waals surface area (Å²) in [6.07, 6.45) is -4.82. The lowest BCUT2D eigenvalue weighted by atomic mass is 10.2. The Balaban J connectivity index is 2.41. The summed E-state index contributed by atoms with van der Waals surface area (Å²) in [6, 6.07) is 9.22. The fourth-order valence-electron chi connectivity index (χ4n) is 3.16. The van der Waals surface area contributed by atoms with E-state index in [0.29, 0.717) is 6.42 Å². The first kappa shape index (κ1) is 24.4. The molecule has 7 nitrogen and oxygen atoms in total. The fourth-order valence-corrected chi connectivity index (χ4v) is 3.16. The number of alkyl halides is 3. The molecule has 31 heavy (non-hydrogen) atoms. The number of halogens is 3. The minimum absolute atomic E-state index is 0.0807. The van der Waals surface area contributed by atoms with Crippen molar-refractivity contribution in [3.8, 4) is 0 Å². The second kappa shape index (κ2) is 10.9. The van der Waals surface area contributed by atoms with E-state index in [4.69, 9.17) is 4.74 Å². The van der Waals surface area contributed by atoms with Crippen LogP contribution in [0.3, 0.4) is 0 Å². The van der Waals surface area contributed by atoms with Crippen LogP contribution in [-0.2, 0) is 24.9 Å². The molecule has 0 unspecified atom stereocenters. The van der Waals surface area contributed by atoms with E-state index >= 15 is 0 Å². The first-order chi connectivity index (χ1) is 14.7. The normalized spacial score (nSPS) is 11.5. The predicted molar refractivity (Wildman–Crippen MR) is 114 cm³/mol. The average molecular weight is 440 g/mol. The fraction of sp³-hybridized carbons (Fsp3) is 0.476. The van der Waals surface area contributed by atoms with E-state index in [1.54, 1.807) is 4.90 Å². The summed E-state index contributed by atoms with van der Waals surface area (Å²) in [5.74, 6) is 0.0807. The van der Waals surface area contributed by atoms with Crippen molar-refractivity contribution in [1.82, 2.24) is 9.13 Å². The van der Waals surface area contributed by atoms with E-state index in [1.807, 2.05) is 37.3 Å². The van der Waals surface area contributed by atoms with Crippen molar-refractivity contribution in [2.24, 2.45) is 12.0 Å². The summed E-state index contributed by atoms with van der Waals surface area (Å²) in [7, 11) is 1.49. The lowest BCUT2D eigenvalue weighted by molar-refractivity contribution is -0.137. The summed E-state index contributed by atoms with van der Waals surface area (Å²) in [5, 5.41) is 0. The van der Waals surface area contributed by atoms with Crippen molar-refractivity contribution in [1.29, 1.82) is 0 Å². The van der Waals surface area contributed by atoms with E-state index in [2.05, 4.69) is 11.7 Å². The number of nitrogens with zero attached hydrogens (tertiary/aromatic N) is 4. The molecule has 0 N–H and O–H groups in total. The Morgan fingerprint density at radius 3 is 2.45 bits per heavy atom. The van der Waals surface area contributed by atoms with Gasteiger partial charge in [0.15, 0.2) is 5.82 Å². The Labute approximate surface area is 178 Å². The lowest BCUT2D eigenvalue weighted by Gasteiger charge is -2.26. The molecule has 0 fully saturated rings. The SMILES string of the molecule is C=Nc1c(N(COCCCC(F)(F)F)Cc2ccccc2)c(=O)n(CCC)c(=O)n1C. The topological polar surface area (TPSA) is 68.8 Å². The molecule has 10 heteroatoms. The highest BCUT2D eigenvalue weighted by Crippen LogP contribution is 2.25. The molecule has 0 radical (unpaired) electrons. The van der Waals surface area contributed by atoms with E-state index in [9.17, 15) is 22.8 Å². The van der Waals surface area contributed by atoms with Crippen LogP contribution in [0, 0.1) is 0 Å². The van der Waals surface area contributed by atoms with Crippen LogP contribution in [0.4, 0.5) is 24.7 Å². The van der Waals surface area contributed by atoms with Crippen LogP contribution >= 0.6 is 0 Å². The maximum absolute atomic E-state index is 13.2. The highest BCUT2D eigenvalue weighted by atomic mass is 19.4. The number of anilines is 1. The third kappa shape index (κ3) is 6.55. The van der Waals surface area contributed by atoms with Gasteiger partial charge in [0.1, 0.15) is 12.4 Å². The van der Waals surface area contributed by atoms with Gasteiger partial charge in [-0.05, 0) is 25.1 Å². The lowest BCUT2D eigenvalue weighted by Crippen LogP contribution is -2.43. The van der Waals surface area contributed by atoms with Crippen LogP contribution in [0.15, 0.2) is 44.9 Å². The molecule has 0 aliphatic heterocycles. The van der Waals surface area contributed by atoms with Crippen LogP contribution in [0.2, 0.25) is 0 Å². The van der Waals surface area contributed by atoms with E-state index in [0.717, 1.165) is 10.1 Å². The minimum atomic E-state index is -4.25. The standard InChI is InChI=1S/C21H27F3N4O3/c1-4-12-28-19(29)17(18(25-2)26(3)20(28)30)27(14-16-9-6-5-7-10-16)15-31-13-8-11-21(22,23)24/h5-7,9-10H,2,4,8,11-15H2,1,3H3. The Kier molecular flexibility index (Phi) is 8.61.